The maximum atomic E-state index is 10.9. The van der Waals surface area contributed by atoms with Gasteiger partial charge in [-0.15, -0.1) is 0 Å². The predicted octanol–water partition coefficient (Wildman–Crippen LogP) is 1.94. The lowest BCUT2D eigenvalue weighted by atomic mass is 10.1. The van der Waals surface area contributed by atoms with Gasteiger partial charge < -0.3 is 10.4 Å². The molecule has 0 heterocycles. The van der Waals surface area contributed by atoms with Crippen molar-refractivity contribution in [3.8, 4) is 0 Å². The van der Waals surface area contributed by atoms with Gasteiger partial charge in [0.2, 0.25) is 0 Å². The fraction of sp³-hybridized carbons (Fsp3) is 0.417. The molecule has 0 aromatic heterocycles. The lowest BCUT2D eigenvalue weighted by Crippen LogP contribution is -2.36. The lowest BCUT2D eigenvalue weighted by Gasteiger charge is -2.13. The van der Waals surface area contributed by atoms with E-state index in [9.17, 15) is 14.9 Å². The average molecular weight is 252 g/mol. The Balaban J connectivity index is 2.73. The largest absolute Gasteiger partial charge is 0.480 e. The minimum absolute atomic E-state index is 0.00522. The quantitative estimate of drug-likeness (QED) is 0.571. The van der Waals surface area contributed by atoms with Crippen molar-refractivity contribution in [2.45, 2.75) is 32.4 Å². The van der Waals surface area contributed by atoms with Crippen molar-refractivity contribution in [3.63, 3.8) is 0 Å². The maximum Gasteiger partial charge on any atom is 0.320 e. The van der Waals surface area contributed by atoms with Crippen molar-refractivity contribution in [1.82, 2.24) is 5.32 Å². The third-order valence-corrected chi connectivity index (χ3v) is 2.60. The van der Waals surface area contributed by atoms with Gasteiger partial charge in [-0.05, 0) is 6.42 Å². The van der Waals surface area contributed by atoms with Gasteiger partial charge in [0.1, 0.15) is 6.04 Å². The number of hydrogen-bond acceptors (Lipinski definition) is 4. The van der Waals surface area contributed by atoms with Gasteiger partial charge in [0.05, 0.1) is 4.92 Å². The number of nitro groups is 1. The van der Waals surface area contributed by atoms with Crippen LogP contribution in [0.5, 0.6) is 0 Å². The zero-order valence-corrected chi connectivity index (χ0v) is 10.1. The van der Waals surface area contributed by atoms with Crippen LogP contribution in [-0.2, 0) is 11.3 Å². The Labute approximate surface area is 105 Å². The van der Waals surface area contributed by atoms with Crippen LogP contribution in [0.2, 0.25) is 0 Å². The molecule has 2 N–H and O–H groups in total. The molecule has 1 aromatic rings. The summed E-state index contributed by atoms with van der Waals surface area (Å²) in [6.45, 7) is 2.07. The second kappa shape index (κ2) is 6.70. The Morgan fingerprint density at radius 3 is 2.72 bits per heavy atom. The van der Waals surface area contributed by atoms with Crippen molar-refractivity contribution in [1.29, 1.82) is 0 Å². The van der Waals surface area contributed by atoms with Crippen molar-refractivity contribution in [2.75, 3.05) is 0 Å². The molecule has 0 fully saturated rings. The molecule has 0 saturated heterocycles. The van der Waals surface area contributed by atoms with Crippen molar-refractivity contribution < 1.29 is 14.8 Å². The molecule has 0 radical (unpaired) electrons. The second-order valence-electron chi connectivity index (χ2n) is 3.95. The molecule has 0 aliphatic heterocycles. The molecule has 1 atom stereocenters. The van der Waals surface area contributed by atoms with E-state index in [0.29, 0.717) is 12.0 Å². The minimum atomic E-state index is -0.935. The highest BCUT2D eigenvalue weighted by atomic mass is 16.6. The van der Waals surface area contributed by atoms with E-state index in [4.69, 9.17) is 5.11 Å². The highest BCUT2D eigenvalue weighted by molar-refractivity contribution is 5.73. The second-order valence-corrected chi connectivity index (χ2v) is 3.95. The van der Waals surface area contributed by atoms with E-state index in [-0.39, 0.29) is 12.2 Å². The summed E-state index contributed by atoms with van der Waals surface area (Å²) < 4.78 is 0. The maximum absolute atomic E-state index is 10.9. The summed E-state index contributed by atoms with van der Waals surface area (Å²) in [7, 11) is 0. The molecule has 0 bridgehead atoms. The molecule has 18 heavy (non-hydrogen) atoms. The molecule has 6 nitrogen and oxygen atoms in total. The van der Waals surface area contributed by atoms with Crippen LogP contribution in [0.3, 0.4) is 0 Å². The Hall–Kier alpha value is -1.95. The van der Waals surface area contributed by atoms with E-state index < -0.39 is 16.9 Å². The first-order valence-corrected chi connectivity index (χ1v) is 5.74. The van der Waals surface area contributed by atoms with Gasteiger partial charge in [-0.3, -0.25) is 14.9 Å². The molecular formula is C12H16N2O4. The molecule has 0 spiro atoms. The van der Waals surface area contributed by atoms with Crippen LogP contribution < -0.4 is 5.32 Å². The molecule has 6 heteroatoms. The number of aliphatic carboxylic acids is 1. The Morgan fingerprint density at radius 2 is 2.17 bits per heavy atom. The van der Waals surface area contributed by atoms with Crippen molar-refractivity contribution >= 4 is 11.7 Å². The van der Waals surface area contributed by atoms with Crippen LogP contribution in [-0.4, -0.2) is 22.0 Å². The molecule has 0 amide bonds. The number of carboxylic acids is 1. The smallest absolute Gasteiger partial charge is 0.320 e. The zero-order valence-electron chi connectivity index (χ0n) is 10.1. The van der Waals surface area contributed by atoms with Crippen LogP contribution in [0.15, 0.2) is 24.3 Å². The number of nitrogens with one attached hydrogen (secondary N) is 1. The highest BCUT2D eigenvalue weighted by Crippen LogP contribution is 2.17. The van der Waals surface area contributed by atoms with Crippen LogP contribution in [0.25, 0.3) is 0 Å². The van der Waals surface area contributed by atoms with Crippen LogP contribution in [0, 0.1) is 10.1 Å². The normalized spacial score (nSPS) is 12.1. The van der Waals surface area contributed by atoms with Gasteiger partial charge in [-0.1, -0.05) is 31.5 Å². The number of benzene rings is 1. The monoisotopic (exact) mass is 252 g/mol. The first-order valence-electron chi connectivity index (χ1n) is 5.74. The van der Waals surface area contributed by atoms with Gasteiger partial charge in [0, 0.05) is 18.2 Å². The Kier molecular flexibility index (Phi) is 5.26. The molecule has 0 aliphatic rings. The number of para-hydroxylation sites is 1. The zero-order chi connectivity index (χ0) is 13.5. The van der Waals surface area contributed by atoms with E-state index >= 15 is 0 Å². The SMILES string of the molecule is CCCC(NCc1ccccc1[N+](=O)[O-])C(=O)O. The van der Waals surface area contributed by atoms with E-state index in [2.05, 4.69) is 5.32 Å². The molecule has 98 valence electrons. The van der Waals surface area contributed by atoms with Crippen LogP contribution in [0.4, 0.5) is 5.69 Å². The number of carboxylic acid groups (broad SMARTS) is 1. The van der Waals surface area contributed by atoms with Gasteiger partial charge in [0.25, 0.3) is 5.69 Å². The number of nitro benzene ring substituents is 1. The summed E-state index contributed by atoms with van der Waals surface area (Å²) >= 11 is 0. The van der Waals surface area contributed by atoms with Gasteiger partial charge in [-0.25, -0.2) is 0 Å². The fourth-order valence-corrected chi connectivity index (χ4v) is 1.67. The standard InChI is InChI=1S/C12H16N2O4/c1-2-5-10(12(15)16)13-8-9-6-3-4-7-11(9)14(17)18/h3-4,6-7,10,13H,2,5,8H2,1H3,(H,15,16). The van der Waals surface area contributed by atoms with E-state index in [1.165, 1.54) is 6.07 Å². The van der Waals surface area contributed by atoms with Crippen molar-refractivity contribution in [2.24, 2.45) is 0 Å². The van der Waals surface area contributed by atoms with Crippen molar-refractivity contribution in [3.05, 3.63) is 39.9 Å². The number of hydrogen-bond donors (Lipinski definition) is 2. The fourth-order valence-electron chi connectivity index (χ4n) is 1.67. The third kappa shape index (κ3) is 3.81. The van der Waals surface area contributed by atoms with E-state index in [0.717, 1.165) is 6.42 Å². The van der Waals surface area contributed by atoms with Crippen LogP contribution in [0.1, 0.15) is 25.3 Å². The first-order chi connectivity index (χ1) is 8.56. The molecular weight excluding hydrogens is 236 g/mol. The summed E-state index contributed by atoms with van der Waals surface area (Å²) in [6, 6.07) is 5.64. The molecule has 1 unspecified atom stereocenters. The summed E-state index contributed by atoms with van der Waals surface area (Å²) in [5, 5.41) is 22.6. The topological polar surface area (TPSA) is 92.5 Å². The highest BCUT2D eigenvalue weighted by Gasteiger charge is 2.18. The molecule has 1 rings (SSSR count). The Bertz CT molecular complexity index is 434. The molecule has 0 aliphatic carbocycles. The lowest BCUT2D eigenvalue weighted by molar-refractivity contribution is -0.385. The summed E-state index contributed by atoms with van der Waals surface area (Å²) in [5.74, 6) is -0.935. The van der Waals surface area contributed by atoms with Gasteiger partial charge >= 0.3 is 5.97 Å². The minimum Gasteiger partial charge on any atom is -0.480 e. The van der Waals surface area contributed by atoms with E-state index in [1.54, 1.807) is 18.2 Å². The van der Waals surface area contributed by atoms with Crippen LogP contribution >= 0.6 is 0 Å². The Morgan fingerprint density at radius 1 is 1.50 bits per heavy atom. The first kappa shape index (κ1) is 14.1. The average Bonchev–Trinajstić information content (AvgIpc) is 2.34. The predicted molar refractivity (Wildman–Crippen MR) is 66.3 cm³/mol. The number of nitrogens with zero attached hydrogens (tertiary/aromatic N) is 1. The van der Waals surface area contributed by atoms with E-state index in [1.807, 2.05) is 6.92 Å². The molecule has 1 aromatic carbocycles. The van der Waals surface area contributed by atoms with Gasteiger partial charge in [-0.2, -0.15) is 0 Å². The molecule has 0 saturated carbocycles. The third-order valence-electron chi connectivity index (χ3n) is 2.60. The number of rotatable bonds is 7. The van der Waals surface area contributed by atoms with Gasteiger partial charge in [0.15, 0.2) is 0 Å². The summed E-state index contributed by atoms with van der Waals surface area (Å²) in [4.78, 5) is 21.3. The summed E-state index contributed by atoms with van der Waals surface area (Å²) in [6.07, 6.45) is 1.23. The summed E-state index contributed by atoms with van der Waals surface area (Å²) in [5.41, 5.74) is 0.496. The number of carbonyl (C=O) groups is 1.